The molecule has 0 heterocycles. The molecule has 4 rings (SSSR count). The Morgan fingerprint density at radius 3 is 2.23 bits per heavy atom. The van der Waals surface area contributed by atoms with E-state index in [-0.39, 0.29) is 0 Å². The molecule has 1 saturated carbocycles. The second-order valence-corrected chi connectivity index (χ2v) is 8.71. The Labute approximate surface area is 141 Å². The lowest BCUT2D eigenvalue weighted by Gasteiger charge is -2.50. The highest BCUT2D eigenvalue weighted by Gasteiger charge is 2.49. The van der Waals surface area contributed by atoms with Crippen LogP contribution in [0.5, 0.6) is 0 Å². The fraction of sp³-hybridized carbons (Fsp3) is 0.300. The van der Waals surface area contributed by atoms with E-state index < -0.39 is 0 Å². The quantitative estimate of drug-likeness (QED) is 0.638. The average molecular weight is 325 g/mol. The molecule has 0 aliphatic heterocycles. The monoisotopic (exact) mass is 324 g/mol. The van der Waals surface area contributed by atoms with Crippen LogP contribution in [0.15, 0.2) is 81.4 Å². The summed E-state index contributed by atoms with van der Waals surface area (Å²) < 4.78 is 0.358. The Morgan fingerprint density at radius 1 is 0.818 bits per heavy atom. The second-order valence-electron chi connectivity index (χ2n) is 6.13. The number of hydrogen-bond acceptors (Lipinski definition) is 2. The molecular formula is C20H20S2. The molecule has 0 unspecified atom stereocenters. The molecule has 112 valence electrons. The Bertz CT molecular complexity index is 663. The van der Waals surface area contributed by atoms with Crippen molar-refractivity contribution >= 4 is 23.5 Å². The minimum atomic E-state index is 0.358. The molecule has 0 N–H and O–H groups in total. The van der Waals surface area contributed by atoms with Gasteiger partial charge >= 0.3 is 0 Å². The van der Waals surface area contributed by atoms with Gasteiger partial charge in [0, 0.05) is 20.5 Å². The van der Waals surface area contributed by atoms with E-state index >= 15 is 0 Å². The summed E-state index contributed by atoms with van der Waals surface area (Å²) in [6.45, 7) is 0. The summed E-state index contributed by atoms with van der Waals surface area (Å²) in [5.74, 6) is 0.747. The fourth-order valence-corrected chi connectivity index (χ4v) is 6.56. The molecule has 1 fully saturated rings. The van der Waals surface area contributed by atoms with Crippen LogP contribution in [0.2, 0.25) is 0 Å². The molecule has 0 saturated heterocycles. The molecule has 2 aliphatic rings. The van der Waals surface area contributed by atoms with Crippen LogP contribution in [0, 0.1) is 5.92 Å². The van der Waals surface area contributed by atoms with Gasteiger partial charge in [-0.2, -0.15) is 0 Å². The van der Waals surface area contributed by atoms with Crippen molar-refractivity contribution in [1.29, 1.82) is 0 Å². The molecule has 2 aromatic rings. The summed E-state index contributed by atoms with van der Waals surface area (Å²) in [7, 11) is 0. The van der Waals surface area contributed by atoms with Gasteiger partial charge in [0.2, 0.25) is 0 Å². The van der Waals surface area contributed by atoms with Gasteiger partial charge in [-0.15, -0.1) is 11.8 Å². The van der Waals surface area contributed by atoms with Crippen molar-refractivity contribution in [3.63, 3.8) is 0 Å². The third-order valence-corrected chi connectivity index (χ3v) is 7.30. The van der Waals surface area contributed by atoms with Crippen molar-refractivity contribution in [2.45, 2.75) is 40.2 Å². The molecule has 0 nitrogen and oxygen atoms in total. The van der Waals surface area contributed by atoms with E-state index in [0.717, 1.165) is 5.92 Å². The number of fused-ring (bicyclic) bond motifs is 1. The maximum absolute atomic E-state index is 2.56. The highest BCUT2D eigenvalue weighted by molar-refractivity contribution is 8.04. The van der Waals surface area contributed by atoms with Crippen LogP contribution in [-0.2, 0) is 0 Å². The molecule has 0 spiro atoms. The fourth-order valence-electron chi connectivity index (χ4n) is 3.55. The molecular weight excluding hydrogens is 304 g/mol. The van der Waals surface area contributed by atoms with Gasteiger partial charge in [0.15, 0.2) is 0 Å². The van der Waals surface area contributed by atoms with Gasteiger partial charge in [-0.25, -0.2) is 0 Å². The zero-order valence-electron chi connectivity index (χ0n) is 12.6. The van der Waals surface area contributed by atoms with E-state index in [9.17, 15) is 0 Å². The maximum atomic E-state index is 2.56. The van der Waals surface area contributed by atoms with E-state index in [1.54, 1.807) is 4.91 Å². The second kappa shape index (κ2) is 6.17. The van der Waals surface area contributed by atoms with E-state index in [1.165, 1.54) is 35.5 Å². The highest BCUT2D eigenvalue weighted by Crippen LogP contribution is 2.60. The first-order valence-corrected chi connectivity index (χ1v) is 9.69. The zero-order valence-corrected chi connectivity index (χ0v) is 14.2. The topological polar surface area (TPSA) is 0 Å². The van der Waals surface area contributed by atoms with Crippen LogP contribution < -0.4 is 0 Å². The van der Waals surface area contributed by atoms with Crippen LogP contribution in [0.1, 0.15) is 25.7 Å². The van der Waals surface area contributed by atoms with Gasteiger partial charge in [-0.05, 0) is 42.0 Å². The smallest absolute Gasteiger partial charge is 0.0470 e. The first kappa shape index (κ1) is 14.5. The van der Waals surface area contributed by atoms with Gasteiger partial charge in [0.1, 0.15) is 0 Å². The Balaban J connectivity index is 1.56. The normalized spacial score (nSPS) is 26.7. The van der Waals surface area contributed by atoms with Crippen LogP contribution in [-0.4, -0.2) is 4.75 Å². The minimum Gasteiger partial charge on any atom is -0.114 e. The molecule has 2 aliphatic carbocycles. The standard InChI is InChI=1S/C20H20S2/c1-3-9-16(10-4-1)21-19-15-20(14-8-7-13-18(19)20)22-17-11-5-2-6-12-17/h1-6,9-12,15,18H,7-8,13-14H2/t18-,20-/m0/s1. The Kier molecular flexibility index (Phi) is 4.06. The number of hydrogen-bond donors (Lipinski definition) is 0. The van der Waals surface area contributed by atoms with Gasteiger partial charge in [0.05, 0.1) is 0 Å². The highest BCUT2D eigenvalue weighted by atomic mass is 32.2. The van der Waals surface area contributed by atoms with E-state index in [1.807, 2.05) is 11.8 Å². The lowest BCUT2D eigenvalue weighted by atomic mass is 9.71. The molecule has 0 radical (unpaired) electrons. The Hall–Kier alpha value is -1.12. The van der Waals surface area contributed by atoms with Crippen molar-refractivity contribution in [1.82, 2.24) is 0 Å². The predicted octanol–water partition coefficient (Wildman–Crippen LogP) is 6.40. The lowest BCUT2D eigenvalue weighted by Crippen LogP contribution is -2.43. The largest absolute Gasteiger partial charge is 0.114 e. The number of allylic oxidation sites excluding steroid dienone is 1. The summed E-state index contributed by atoms with van der Waals surface area (Å²) >= 11 is 4.06. The van der Waals surface area contributed by atoms with E-state index in [4.69, 9.17) is 0 Å². The predicted molar refractivity (Wildman–Crippen MR) is 97.4 cm³/mol. The van der Waals surface area contributed by atoms with Crippen LogP contribution in [0.4, 0.5) is 0 Å². The summed E-state index contributed by atoms with van der Waals surface area (Å²) in [6, 6.07) is 21.7. The minimum absolute atomic E-state index is 0.358. The summed E-state index contributed by atoms with van der Waals surface area (Å²) in [6.07, 6.45) is 8.00. The van der Waals surface area contributed by atoms with Crippen molar-refractivity contribution in [3.8, 4) is 0 Å². The Morgan fingerprint density at radius 2 is 1.50 bits per heavy atom. The molecule has 22 heavy (non-hydrogen) atoms. The summed E-state index contributed by atoms with van der Waals surface area (Å²) in [5.41, 5.74) is 0. The van der Waals surface area contributed by atoms with Gasteiger partial charge < -0.3 is 0 Å². The maximum Gasteiger partial charge on any atom is 0.0470 e. The molecule has 0 aromatic heterocycles. The molecule has 2 aromatic carbocycles. The summed E-state index contributed by atoms with van der Waals surface area (Å²) in [5, 5.41) is 0. The number of rotatable bonds is 4. The van der Waals surface area contributed by atoms with Crippen LogP contribution >= 0.6 is 23.5 Å². The van der Waals surface area contributed by atoms with Gasteiger partial charge in [0.25, 0.3) is 0 Å². The SMILES string of the molecule is C1=C(Sc2ccccc2)[C@@H]2CCCC[C@]12Sc1ccccc1. The lowest BCUT2D eigenvalue weighted by molar-refractivity contribution is 0.332. The van der Waals surface area contributed by atoms with Gasteiger partial charge in [-0.3, -0.25) is 0 Å². The van der Waals surface area contributed by atoms with Crippen molar-refractivity contribution in [2.24, 2.45) is 5.92 Å². The first-order chi connectivity index (χ1) is 10.9. The first-order valence-electron chi connectivity index (χ1n) is 8.05. The zero-order chi connectivity index (χ0) is 14.8. The molecule has 0 bridgehead atoms. The average Bonchev–Trinajstić information content (AvgIpc) is 2.55. The summed E-state index contributed by atoms with van der Waals surface area (Å²) in [4.78, 5) is 4.38. The number of thioether (sulfide) groups is 2. The molecule has 2 atom stereocenters. The number of benzene rings is 2. The third-order valence-electron chi connectivity index (χ3n) is 4.66. The van der Waals surface area contributed by atoms with Crippen molar-refractivity contribution in [3.05, 3.63) is 71.6 Å². The van der Waals surface area contributed by atoms with Crippen molar-refractivity contribution in [2.75, 3.05) is 0 Å². The molecule has 2 heteroatoms. The van der Waals surface area contributed by atoms with Crippen molar-refractivity contribution < 1.29 is 0 Å². The van der Waals surface area contributed by atoms with Crippen LogP contribution in [0.25, 0.3) is 0 Å². The van der Waals surface area contributed by atoms with E-state index in [0.29, 0.717) is 4.75 Å². The third kappa shape index (κ3) is 2.75. The van der Waals surface area contributed by atoms with Crippen LogP contribution in [0.3, 0.4) is 0 Å². The van der Waals surface area contributed by atoms with Gasteiger partial charge in [-0.1, -0.05) is 67.1 Å². The molecule has 0 amide bonds. The van der Waals surface area contributed by atoms with E-state index in [2.05, 4.69) is 78.5 Å².